The summed E-state index contributed by atoms with van der Waals surface area (Å²) >= 11 is 3.64. The predicted octanol–water partition coefficient (Wildman–Crippen LogP) is 5.02. The van der Waals surface area contributed by atoms with Crippen molar-refractivity contribution in [2.75, 3.05) is 10.6 Å². The number of amides is 2. The van der Waals surface area contributed by atoms with Crippen LogP contribution in [-0.2, 0) is 4.79 Å². The van der Waals surface area contributed by atoms with E-state index < -0.39 is 0 Å². The molecule has 0 radical (unpaired) electrons. The summed E-state index contributed by atoms with van der Waals surface area (Å²) in [6.07, 6.45) is 1.89. The van der Waals surface area contributed by atoms with E-state index in [2.05, 4.69) is 38.2 Å². The number of nitrogens with zero attached hydrogens (tertiary/aromatic N) is 1. The Morgan fingerprint density at radius 2 is 1.85 bits per heavy atom. The molecule has 1 aromatic heterocycles. The second-order valence-electron chi connectivity index (χ2n) is 6.34. The number of thiazole rings is 1. The van der Waals surface area contributed by atoms with E-state index in [-0.39, 0.29) is 17.7 Å². The Hall–Kier alpha value is -2.26. The molecule has 3 aromatic rings. The van der Waals surface area contributed by atoms with Crippen LogP contribution in [0.4, 0.5) is 10.8 Å². The number of aromatic nitrogens is 1. The van der Waals surface area contributed by atoms with Gasteiger partial charge in [-0.1, -0.05) is 18.2 Å². The molecule has 27 heavy (non-hydrogen) atoms. The predicted molar refractivity (Wildman–Crippen MR) is 116 cm³/mol. The zero-order valence-corrected chi connectivity index (χ0v) is 17.2. The van der Waals surface area contributed by atoms with Crippen LogP contribution in [0.3, 0.4) is 0 Å². The lowest BCUT2D eigenvalue weighted by Crippen LogP contribution is -2.15. The Bertz CT molecular complexity index is 996. The number of anilines is 2. The Kier molecular flexibility index (Phi) is 5.22. The summed E-state index contributed by atoms with van der Waals surface area (Å²) < 4.78 is 1.16. The minimum absolute atomic E-state index is 0.0228. The minimum atomic E-state index is -0.249. The minimum Gasteiger partial charge on any atom is -0.326 e. The second kappa shape index (κ2) is 7.77. The van der Waals surface area contributed by atoms with E-state index in [1.807, 2.05) is 29.6 Å². The highest BCUT2D eigenvalue weighted by molar-refractivity contribution is 14.1. The van der Waals surface area contributed by atoms with Crippen LogP contribution in [0.2, 0.25) is 0 Å². The number of rotatable bonds is 5. The van der Waals surface area contributed by atoms with E-state index in [1.165, 1.54) is 11.3 Å². The lowest BCUT2D eigenvalue weighted by molar-refractivity contribution is -0.117. The first-order chi connectivity index (χ1) is 13.1. The summed E-state index contributed by atoms with van der Waals surface area (Å²) in [5.74, 6) is -0.104. The van der Waals surface area contributed by atoms with E-state index in [4.69, 9.17) is 0 Å². The third-order valence-electron chi connectivity index (χ3n) is 4.21. The maximum absolute atomic E-state index is 12.5. The largest absolute Gasteiger partial charge is 0.326 e. The fourth-order valence-electron chi connectivity index (χ4n) is 2.58. The highest BCUT2D eigenvalue weighted by atomic mass is 127. The molecule has 4 rings (SSSR count). The number of benzene rings is 2. The molecule has 0 spiro atoms. The van der Waals surface area contributed by atoms with Gasteiger partial charge in [0.25, 0.3) is 5.91 Å². The number of carbonyl (C=O) groups excluding carboxylic acids is 2. The van der Waals surface area contributed by atoms with E-state index in [0.29, 0.717) is 16.4 Å². The molecule has 5 nitrogen and oxygen atoms in total. The molecule has 0 unspecified atom stereocenters. The van der Waals surface area contributed by atoms with Crippen molar-refractivity contribution in [1.82, 2.24) is 4.98 Å². The molecule has 2 amide bonds. The molecule has 136 valence electrons. The van der Waals surface area contributed by atoms with Crippen LogP contribution in [-0.4, -0.2) is 16.8 Å². The average Bonchev–Trinajstić information content (AvgIpc) is 3.43. The van der Waals surface area contributed by atoms with Crippen LogP contribution in [0.15, 0.2) is 53.9 Å². The zero-order chi connectivity index (χ0) is 18.8. The van der Waals surface area contributed by atoms with Gasteiger partial charge in [0, 0.05) is 31.7 Å². The highest BCUT2D eigenvalue weighted by Gasteiger charge is 2.29. The van der Waals surface area contributed by atoms with Gasteiger partial charge >= 0.3 is 0 Å². The van der Waals surface area contributed by atoms with Crippen molar-refractivity contribution in [2.24, 2.45) is 5.92 Å². The molecule has 1 fully saturated rings. The first-order valence-electron chi connectivity index (χ1n) is 8.52. The molecule has 0 aliphatic heterocycles. The van der Waals surface area contributed by atoms with Crippen LogP contribution in [0.1, 0.15) is 23.2 Å². The summed E-state index contributed by atoms with van der Waals surface area (Å²) in [6, 6.07) is 15.0. The van der Waals surface area contributed by atoms with Crippen LogP contribution in [0.5, 0.6) is 0 Å². The molecule has 1 heterocycles. The molecule has 2 N–H and O–H groups in total. The Labute approximate surface area is 174 Å². The number of carbonyl (C=O) groups is 2. The summed E-state index contributed by atoms with van der Waals surface area (Å²) in [5.41, 5.74) is 2.96. The number of nitrogens with one attached hydrogen (secondary N) is 2. The van der Waals surface area contributed by atoms with Gasteiger partial charge in [0.15, 0.2) is 5.13 Å². The van der Waals surface area contributed by atoms with Crippen LogP contribution >= 0.6 is 33.9 Å². The summed E-state index contributed by atoms with van der Waals surface area (Å²) in [6.45, 7) is 0. The van der Waals surface area contributed by atoms with E-state index >= 15 is 0 Å². The first kappa shape index (κ1) is 18.1. The lowest BCUT2D eigenvalue weighted by atomic mass is 10.2. The Balaban J connectivity index is 1.44. The molecule has 0 atom stereocenters. The summed E-state index contributed by atoms with van der Waals surface area (Å²) in [5, 5.41) is 8.15. The van der Waals surface area contributed by atoms with Gasteiger partial charge in [-0.25, -0.2) is 4.98 Å². The van der Waals surface area contributed by atoms with Crippen molar-refractivity contribution in [3.05, 3.63) is 63.0 Å². The standard InChI is InChI=1S/C20H16IN3O2S/c21-15-8-6-12(7-9-15)17-11-27-20(23-17)24-19(26)14-2-1-3-16(10-14)22-18(25)13-4-5-13/h1-3,6-11,13H,4-5H2,(H,22,25)(H,23,24,26). The average molecular weight is 489 g/mol. The molecule has 1 aliphatic carbocycles. The molecule has 2 aromatic carbocycles. The summed E-state index contributed by atoms with van der Waals surface area (Å²) in [4.78, 5) is 28.9. The Morgan fingerprint density at radius 1 is 1.07 bits per heavy atom. The maximum atomic E-state index is 12.5. The van der Waals surface area contributed by atoms with Gasteiger partial charge in [0.2, 0.25) is 5.91 Å². The third kappa shape index (κ3) is 4.54. The van der Waals surface area contributed by atoms with Gasteiger partial charge in [0.05, 0.1) is 5.69 Å². The normalized spacial score (nSPS) is 13.2. The van der Waals surface area contributed by atoms with Crippen molar-refractivity contribution in [3.8, 4) is 11.3 Å². The van der Waals surface area contributed by atoms with Gasteiger partial charge < -0.3 is 5.32 Å². The van der Waals surface area contributed by atoms with Crippen molar-refractivity contribution in [1.29, 1.82) is 0 Å². The first-order valence-corrected chi connectivity index (χ1v) is 10.5. The van der Waals surface area contributed by atoms with Gasteiger partial charge in [-0.15, -0.1) is 11.3 Å². The molecule has 7 heteroatoms. The fourth-order valence-corrected chi connectivity index (χ4v) is 3.66. The third-order valence-corrected chi connectivity index (χ3v) is 5.68. The zero-order valence-electron chi connectivity index (χ0n) is 14.2. The van der Waals surface area contributed by atoms with Crippen LogP contribution in [0.25, 0.3) is 11.3 Å². The highest BCUT2D eigenvalue weighted by Crippen LogP contribution is 2.30. The molecule has 1 saturated carbocycles. The maximum Gasteiger partial charge on any atom is 0.257 e. The number of halogens is 1. The lowest BCUT2D eigenvalue weighted by Gasteiger charge is -2.07. The van der Waals surface area contributed by atoms with Gasteiger partial charge in [-0.05, 0) is 65.8 Å². The number of hydrogen-bond donors (Lipinski definition) is 2. The second-order valence-corrected chi connectivity index (χ2v) is 8.45. The van der Waals surface area contributed by atoms with Crippen molar-refractivity contribution in [2.45, 2.75) is 12.8 Å². The monoisotopic (exact) mass is 489 g/mol. The molecular weight excluding hydrogens is 473 g/mol. The summed E-state index contributed by atoms with van der Waals surface area (Å²) in [7, 11) is 0. The van der Waals surface area contributed by atoms with Crippen LogP contribution in [0, 0.1) is 9.49 Å². The van der Waals surface area contributed by atoms with E-state index in [1.54, 1.807) is 24.3 Å². The van der Waals surface area contributed by atoms with E-state index in [9.17, 15) is 9.59 Å². The van der Waals surface area contributed by atoms with Crippen molar-refractivity contribution < 1.29 is 9.59 Å². The molecule has 0 bridgehead atoms. The molecule has 0 saturated heterocycles. The van der Waals surface area contributed by atoms with Gasteiger partial charge in [0.1, 0.15) is 0 Å². The SMILES string of the molecule is O=C(Nc1nc(-c2ccc(I)cc2)cs1)c1cccc(NC(=O)C2CC2)c1. The quantitative estimate of drug-likeness (QED) is 0.495. The number of hydrogen-bond acceptors (Lipinski definition) is 4. The molecular formula is C20H16IN3O2S. The molecule has 1 aliphatic rings. The Morgan fingerprint density at radius 3 is 2.59 bits per heavy atom. The fraction of sp³-hybridized carbons (Fsp3) is 0.150. The smallest absolute Gasteiger partial charge is 0.257 e. The van der Waals surface area contributed by atoms with Gasteiger partial charge in [-0.2, -0.15) is 0 Å². The van der Waals surface area contributed by atoms with Gasteiger partial charge in [-0.3, -0.25) is 14.9 Å². The van der Waals surface area contributed by atoms with E-state index in [0.717, 1.165) is 27.7 Å². The van der Waals surface area contributed by atoms with Crippen LogP contribution < -0.4 is 10.6 Å². The van der Waals surface area contributed by atoms with Crippen molar-refractivity contribution >= 4 is 56.6 Å². The van der Waals surface area contributed by atoms with Crippen molar-refractivity contribution in [3.63, 3.8) is 0 Å². The topological polar surface area (TPSA) is 71.1 Å².